The van der Waals surface area contributed by atoms with Gasteiger partial charge in [0, 0.05) is 22.9 Å². The Morgan fingerprint density at radius 2 is 1.78 bits per heavy atom. The summed E-state index contributed by atoms with van der Waals surface area (Å²) >= 11 is 0. The van der Waals surface area contributed by atoms with Gasteiger partial charge in [-0.15, -0.1) is 0 Å². The van der Waals surface area contributed by atoms with Crippen LogP contribution in [0.1, 0.15) is 48.8 Å². The highest BCUT2D eigenvalue weighted by Gasteiger charge is 2.28. The molecule has 1 aliphatic rings. The minimum atomic E-state index is -0.517. The number of hydrogen-bond acceptors (Lipinski definition) is 5. The molecule has 0 spiro atoms. The quantitative estimate of drug-likeness (QED) is 0.364. The molecular weight excluding hydrogens is 454 g/mol. The Labute approximate surface area is 212 Å². The monoisotopic (exact) mass is 489 g/mol. The zero-order chi connectivity index (χ0) is 25.5. The first-order valence-corrected chi connectivity index (χ1v) is 12.5. The van der Waals surface area contributed by atoms with E-state index in [-0.39, 0.29) is 17.9 Å². The summed E-state index contributed by atoms with van der Waals surface area (Å²) in [4.78, 5) is 33.0. The van der Waals surface area contributed by atoms with Crippen LogP contribution in [0, 0.1) is 18.8 Å². The molecule has 1 atom stereocenters. The fraction of sp³-hybridized carbons (Fsp3) is 0.393. The third kappa shape index (κ3) is 6.31. The first kappa shape index (κ1) is 25.4. The van der Waals surface area contributed by atoms with Gasteiger partial charge in [-0.3, -0.25) is 10.1 Å². The van der Waals surface area contributed by atoms with Gasteiger partial charge in [-0.25, -0.2) is 9.78 Å². The largest absolute Gasteiger partial charge is 0.453 e. The van der Waals surface area contributed by atoms with E-state index in [1.165, 1.54) is 7.11 Å². The molecule has 2 amide bonds. The molecule has 190 valence electrons. The van der Waals surface area contributed by atoms with Crippen molar-refractivity contribution in [1.29, 1.82) is 0 Å². The van der Waals surface area contributed by atoms with Crippen LogP contribution in [0.2, 0.25) is 0 Å². The summed E-state index contributed by atoms with van der Waals surface area (Å²) < 4.78 is 4.65. The van der Waals surface area contributed by atoms with Gasteiger partial charge < -0.3 is 20.8 Å². The number of nitrogens with one attached hydrogen (secondary N) is 3. The Morgan fingerprint density at radius 1 is 1.08 bits per heavy atom. The summed E-state index contributed by atoms with van der Waals surface area (Å²) in [7, 11) is 1.33. The molecule has 1 aromatic heterocycles. The third-order valence-corrected chi connectivity index (χ3v) is 6.97. The molecule has 3 aromatic rings. The van der Waals surface area contributed by atoms with E-state index < -0.39 is 6.09 Å². The van der Waals surface area contributed by atoms with Gasteiger partial charge in [-0.05, 0) is 69.2 Å². The van der Waals surface area contributed by atoms with Crippen molar-refractivity contribution in [1.82, 2.24) is 15.3 Å². The first-order chi connectivity index (χ1) is 17.5. The summed E-state index contributed by atoms with van der Waals surface area (Å²) in [6.45, 7) is 2.67. The summed E-state index contributed by atoms with van der Waals surface area (Å²) in [5.41, 5.74) is 10.2. The highest BCUT2D eigenvalue weighted by molar-refractivity contribution is 5.85. The lowest BCUT2D eigenvalue weighted by Crippen LogP contribution is -2.37. The van der Waals surface area contributed by atoms with Crippen LogP contribution in [0.15, 0.2) is 54.6 Å². The minimum Gasteiger partial charge on any atom is -0.453 e. The molecule has 0 radical (unpaired) electrons. The average molecular weight is 490 g/mol. The summed E-state index contributed by atoms with van der Waals surface area (Å²) in [6, 6.07) is 17.3. The molecule has 5 N–H and O–H groups in total. The summed E-state index contributed by atoms with van der Waals surface area (Å²) in [6.07, 6.45) is 3.88. The van der Waals surface area contributed by atoms with Gasteiger partial charge in [0.1, 0.15) is 5.82 Å². The molecule has 36 heavy (non-hydrogen) atoms. The van der Waals surface area contributed by atoms with Gasteiger partial charge in [0.15, 0.2) is 0 Å². The van der Waals surface area contributed by atoms with Crippen LogP contribution in [-0.4, -0.2) is 35.6 Å². The van der Waals surface area contributed by atoms with E-state index in [9.17, 15) is 9.59 Å². The number of rotatable bonds is 8. The molecule has 8 heteroatoms. The maximum atomic E-state index is 13.3. The smallest absolute Gasteiger partial charge is 0.411 e. The summed E-state index contributed by atoms with van der Waals surface area (Å²) in [5, 5.41) is 5.94. The maximum absolute atomic E-state index is 13.3. The molecule has 1 heterocycles. The normalized spacial score (nSPS) is 18.3. The van der Waals surface area contributed by atoms with Crippen LogP contribution in [0.5, 0.6) is 0 Å². The number of amides is 2. The second-order valence-electron chi connectivity index (χ2n) is 9.49. The van der Waals surface area contributed by atoms with E-state index in [2.05, 4.69) is 32.5 Å². The lowest BCUT2D eigenvalue weighted by molar-refractivity contribution is -0.127. The number of hydrogen-bond donors (Lipinski definition) is 4. The lowest BCUT2D eigenvalue weighted by atomic mass is 9.81. The number of benzene rings is 2. The standard InChI is InChI=1S/C28H35N5O3/c1-18-25(21-12-14-23(15-13-21)31-28(35)36-2)33-26(30-18)24(16-19-6-4-3-5-7-19)32-27(34)22-10-8-20(17-29)9-11-22/h3-7,12-15,20,22,24H,8-11,16-17,29H2,1-2H3,(H,30,33)(H,31,35)(H,32,34). The second-order valence-corrected chi connectivity index (χ2v) is 9.49. The van der Waals surface area contributed by atoms with Gasteiger partial charge >= 0.3 is 6.09 Å². The minimum absolute atomic E-state index is 0.0106. The molecule has 1 fully saturated rings. The number of imidazole rings is 1. The van der Waals surface area contributed by atoms with E-state index >= 15 is 0 Å². The Balaban J connectivity index is 1.54. The van der Waals surface area contributed by atoms with Crippen molar-refractivity contribution < 1.29 is 14.3 Å². The third-order valence-electron chi connectivity index (χ3n) is 6.97. The van der Waals surface area contributed by atoms with Crippen molar-refractivity contribution in [2.24, 2.45) is 17.6 Å². The first-order valence-electron chi connectivity index (χ1n) is 12.5. The number of aromatic amines is 1. The Bertz CT molecular complexity index is 1150. The van der Waals surface area contributed by atoms with E-state index in [1.54, 1.807) is 12.1 Å². The van der Waals surface area contributed by atoms with Crippen molar-refractivity contribution in [3.8, 4) is 11.3 Å². The van der Waals surface area contributed by atoms with Crippen molar-refractivity contribution in [3.63, 3.8) is 0 Å². The maximum Gasteiger partial charge on any atom is 0.411 e. The molecule has 0 bridgehead atoms. The molecule has 0 aliphatic heterocycles. The van der Waals surface area contributed by atoms with Crippen LogP contribution in [0.25, 0.3) is 11.3 Å². The van der Waals surface area contributed by atoms with Gasteiger partial charge in [0.2, 0.25) is 5.91 Å². The Hall–Kier alpha value is -3.65. The number of aromatic nitrogens is 2. The predicted octanol–water partition coefficient (Wildman–Crippen LogP) is 4.73. The van der Waals surface area contributed by atoms with Gasteiger partial charge in [0.25, 0.3) is 0 Å². The Morgan fingerprint density at radius 3 is 2.42 bits per heavy atom. The van der Waals surface area contributed by atoms with Crippen molar-refractivity contribution in [3.05, 3.63) is 71.7 Å². The molecule has 4 rings (SSSR count). The van der Waals surface area contributed by atoms with Gasteiger partial charge in [-0.2, -0.15) is 0 Å². The fourth-order valence-electron chi connectivity index (χ4n) is 4.83. The molecular formula is C28H35N5O3. The van der Waals surface area contributed by atoms with E-state index in [0.717, 1.165) is 54.0 Å². The number of nitrogens with zero attached hydrogens (tertiary/aromatic N) is 1. The molecule has 1 saturated carbocycles. The topological polar surface area (TPSA) is 122 Å². The zero-order valence-electron chi connectivity index (χ0n) is 20.9. The number of anilines is 1. The number of carbonyl (C=O) groups excluding carboxylic acids is 2. The molecule has 1 unspecified atom stereocenters. The van der Waals surface area contributed by atoms with Crippen molar-refractivity contribution in [2.75, 3.05) is 19.0 Å². The fourth-order valence-corrected chi connectivity index (χ4v) is 4.83. The van der Waals surface area contributed by atoms with Crippen LogP contribution in [0.4, 0.5) is 10.5 Å². The van der Waals surface area contributed by atoms with Crippen LogP contribution >= 0.6 is 0 Å². The number of ether oxygens (including phenoxy) is 1. The number of carbonyl (C=O) groups is 2. The van der Waals surface area contributed by atoms with E-state index in [1.807, 2.05) is 37.3 Å². The van der Waals surface area contributed by atoms with Crippen molar-refractivity contribution >= 4 is 17.7 Å². The average Bonchev–Trinajstić information content (AvgIpc) is 3.30. The zero-order valence-corrected chi connectivity index (χ0v) is 20.9. The molecule has 8 nitrogen and oxygen atoms in total. The van der Waals surface area contributed by atoms with Gasteiger partial charge in [-0.1, -0.05) is 42.5 Å². The number of nitrogens with two attached hydrogens (primary N) is 1. The van der Waals surface area contributed by atoms with Gasteiger partial charge in [0.05, 0.1) is 18.8 Å². The number of H-pyrrole nitrogens is 1. The van der Waals surface area contributed by atoms with E-state index in [0.29, 0.717) is 24.6 Å². The van der Waals surface area contributed by atoms with Crippen LogP contribution in [-0.2, 0) is 16.0 Å². The molecule has 1 aliphatic carbocycles. The SMILES string of the molecule is COC(=O)Nc1ccc(-c2nc(C(Cc3ccccc3)NC(=O)C3CCC(CN)CC3)[nH]c2C)cc1. The molecule has 0 saturated heterocycles. The predicted molar refractivity (Wildman–Crippen MR) is 140 cm³/mol. The highest BCUT2D eigenvalue weighted by atomic mass is 16.5. The van der Waals surface area contributed by atoms with Crippen LogP contribution in [0.3, 0.4) is 0 Å². The highest BCUT2D eigenvalue weighted by Crippen LogP contribution is 2.30. The van der Waals surface area contributed by atoms with Crippen LogP contribution < -0.4 is 16.4 Å². The number of aryl methyl sites for hydroxylation is 1. The number of methoxy groups -OCH3 is 1. The summed E-state index contributed by atoms with van der Waals surface area (Å²) in [5.74, 6) is 1.35. The lowest BCUT2D eigenvalue weighted by Gasteiger charge is -2.28. The van der Waals surface area contributed by atoms with E-state index in [4.69, 9.17) is 10.7 Å². The second kappa shape index (κ2) is 11.9. The molecule has 2 aromatic carbocycles. The Kier molecular flexibility index (Phi) is 8.38. The van der Waals surface area contributed by atoms with Crippen molar-refractivity contribution in [2.45, 2.75) is 45.1 Å².